The average molecular weight is 270 g/mol. The van der Waals surface area contributed by atoms with Crippen molar-refractivity contribution in [3.8, 4) is 0 Å². The highest BCUT2D eigenvalue weighted by atomic mass is 16.1. The molecule has 0 unspecified atom stereocenters. The monoisotopic (exact) mass is 270 g/mol. The summed E-state index contributed by atoms with van der Waals surface area (Å²) in [5.41, 5.74) is 2.78. The van der Waals surface area contributed by atoms with E-state index < -0.39 is 0 Å². The first-order valence-corrected chi connectivity index (χ1v) is 7.60. The molecular weight excluding hydrogens is 248 g/mol. The molecule has 106 valence electrons. The number of benzene rings is 1. The smallest absolute Gasteiger partial charge is 0.223 e. The van der Waals surface area contributed by atoms with Crippen molar-refractivity contribution in [1.82, 2.24) is 5.32 Å². The van der Waals surface area contributed by atoms with Crippen LogP contribution in [0.3, 0.4) is 0 Å². The van der Waals surface area contributed by atoms with E-state index in [2.05, 4.69) is 46.6 Å². The Morgan fingerprint density at radius 2 is 2.05 bits per heavy atom. The van der Waals surface area contributed by atoms with E-state index >= 15 is 0 Å². The van der Waals surface area contributed by atoms with E-state index in [1.807, 2.05) is 0 Å². The first-order chi connectivity index (χ1) is 9.84. The third kappa shape index (κ3) is 2.87. The Hall–Kier alpha value is -1.77. The lowest BCUT2D eigenvalue weighted by Crippen LogP contribution is -2.39. The summed E-state index contributed by atoms with van der Waals surface area (Å²) in [4.78, 5) is 14.4. The fourth-order valence-corrected chi connectivity index (χ4v) is 3.13. The zero-order valence-electron chi connectivity index (χ0n) is 11.8. The Morgan fingerprint density at radius 3 is 2.90 bits per heavy atom. The van der Waals surface area contributed by atoms with Crippen LogP contribution in [0.1, 0.15) is 24.8 Å². The van der Waals surface area contributed by atoms with Gasteiger partial charge in [-0.1, -0.05) is 30.4 Å². The minimum Gasteiger partial charge on any atom is -0.370 e. The maximum absolute atomic E-state index is 12.0. The maximum Gasteiger partial charge on any atom is 0.223 e. The summed E-state index contributed by atoms with van der Waals surface area (Å²) < 4.78 is 0. The molecule has 0 fully saturated rings. The molecule has 3 heteroatoms. The second kappa shape index (κ2) is 6.12. The van der Waals surface area contributed by atoms with Crippen molar-refractivity contribution in [2.24, 2.45) is 5.92 Å². The molecular formula is C17H22N2O. The van der Waals surface area contributed by atoms with Gasteiger partial charge in [0, 0.05) is 31.2 Å². The Bertz CT molecular complexity index is 501. The summed E-state index contributed by atoms with van der Waals surface area (Å²) in [6, 6.07) is 8.61. The lowest BCUT2D eigenvalue weighted by atomic mass is 10.0. The number of aryl methyl sites for hydroxylation is 1. The normalized spacial score (nSPS) is 18.1. The summed E-state index contributed by atoms with van der Waals surface area (Å²) in [7, 11) is 0. The van der Waals surface area contributed by atoms with Gasteiger partial charge in [0.05, 0.1) is 0 Å². The number of nitrogens with one attached hydrogen (secondary N) is 1. The molecule has 0 saturated carbocycles. The highest BCUT2D eigenvalue weighted by Gasteiger charge is 2.19. The average Bonchev–Trinajstić information content (AvgIpc) is 3.02. The largest absolute Gasteiger partial charge is 0.370 e. The van der Waals surface area contributed by atoms with Gasteiger partial charge in [-0.05, 0) is 37.3 Å². The van der Waals surface area contributed by atoms with E-state index in [9.17, 15) is 4.79 Å². The van der Waals surface area contributed by atoms with Crippen LogP contribution in [0.25, 0.3) is 0 Å². The van der Waals surface area contributed by atoms with Crippen molar-refractivity contribution in [3.63, 3.8) is 0 Å². The van der Waals surface area contributed by atoms with E-state index in [0.717, 1.165) is 32.5 Å². The number of hydrogen-bond acceptors (Lipinski definition) is 2. The lowest BCUT2D eigenvalue weighted by molar-refractivity contribution is -0.124. The fraction of sp³-hybridized carbons (Fsp3) is 0.471. The van der Waals surface area contributed by atoms with Crippen molar-refractivity contribution in [2.45, 2.75) is 25.7 Å². The highest BCUT2D eigenvalue weighted by molar-refractivity contribution is 5.79. The van der Waals surface area contributed by atoms with Gasteiger partial charge in [0.1, 0.15) is 0 Å². The number of nitrogens with zero attached hydrogens (tertiary/aromatic N) is 1. The number of para-hydroxylation sites is 1. The molecule has 3 nitrogen and oxygen atoms in total. The molecule has 1 heterocycles. The van der Waals surface area contributed by atoms with E-state index in [1.165, 1.54) is 24.1 Å². The molecule has 1 aliphatic carbocycles. The summed E-state index contributed by atoms with van der Waals surface area (Å²) in [6.45, 7) is 2.74. The Labute approximate surface area is 120 Å². The summed E-state index contributed by atoms with van der Waals surface area (Å²) in [5.74, 6) is 0.379. The van der Waals surface area contributed by atoms with Crippen LogP contribution in [-0.2, 0) is 11.2 Å². The van der Waals surface area contributed by atoms with Crippen LogP contribution < -0.4 is 10.2 Å². The Balaban J connectivity index is 1.51. The third-order valence-corrected chi connectivity index (χ3v) is 4.27. The molecule has 1 aliphatic heterocycles. The first kappa shape index (κ1) is 13.2. The fourth-order valence-electron chi connectivity index (χ4n) is 3.13. The van der Waals surface area contributed by atoms with Crippen molar-refractivity contribution in [2.75, 3.05) is 24.5 Å². The number of allylic oxidation sites excluding steroid dienone is 2. The number of carbonyl (C=O) groups is 1. The molecule has 0 spiro atoms. The second-order valence-electron chi connectivity index (χ2n) is 5.65. The van der Waals surface area contributed by atoms with Crippen molar-refractivity contribution in [3.05, 3.63) is 42.0 Å². The predicted octanol–water partition coefficient (Wildman–Crippen LogP) is 2.52. The molecule has 2 aliphatic rings. The van der Waals surface area contributed by atoms with Crippen LogP contribution in [0.4, 0.5) is 5.69 Å². The van der Waals surface area contributed by atoms with Crippen LogP contribution in [0.15, 0.2) is 36.4 Å². The molecule has 0 saturated heterocycles. The number of amides is 1. The van der Waals surface area contributed by atoms with E-state index in [-0.39, 0.29) is 11.8 Å². The van der Waals surface area contributed by atoms with Gasteiger partial charge in [0.25, 0.3) is 0 Å². The molecule has 1 aromatic carbocycles. The minimum atomic E-state index is 0.170. The maximum atomic E-state index is 12.0. The van der Waals surface area contributed by atoms with Crippen LogP contribution in [0, 0.1) is 5.92 Å². The number of carbonyl (C=O) groups excluding carboxylic acids is 1. The molecule has 0 atom stereocenters. The van der Waals surface area contributed by atoms with E-state index in [4.69, 9.17) is 0 Å². The topological polar surface area (TPSA) is 32.3 Å². The van der Waals surface area contributed by atoms with Gasteiger partial charge in [0.15, 0.2) is 0 Å². The van der Waals surface area contributed by atoms with E-state index in [0.29, 0.717) is 0 Å². The van der Waals surface area contributed by atoms with Crippen molar-refractivity contribution >= 4 is 11.6 Å². The summed E-state index contributed by atoms with van der Waals surface area (Å²) in [6.07, 6.45) is 8.39. The summed E-state index contributed by atoms with van der Waals surface area (Å²) in [5, 5.41) is 3.08. The summed E-state index contributed by atoms with van der Waals surface area (Å²) >= 11 is 0. The second-order valence-corrected chi connectivity index (χ2v) is 5.65. The number of rotatable bonds is 4. The van der Waals surface area contributed by atoms with Gasteiger partial charge in [-0.15, -0.1) is 0 Å². The Morgan fingerprint density at radius 1 is 1.25 bits per heavy atom. The van der Waals surface area contributed by atoms with Crippen LogP contribution in [0.2, 0.25) is 0 Å². The molecule has 1 N–H and O–H groups in total. The van der Waals surface area contributed by atoms with Crippen LogP contribution >= 0.6 is 0 Å². The van der Waals surface area contributed by atoms with E-state index in [1.54, 1.807) is 0 Å². The predicted molar refractivity (Wildman–Crippen MR) is 81.8 cm³/mol. The van der Waals surface area contributed by atoms with Gasteiger partial charge in [-0.25, -0.2) is 0 Å². The van der Waals surface area contributed by atoms with Crippen molar-refractivity contribution in [1.29, 1.82) is 0 Å². The zero-order valence-corrected chi connectivity index (χ0v) is 11.8. The molecule has 20 heavy (non-hydrogen) atoms. The molecule has 0 radical (unpaired) electrons. The molecule has 1 amide bonds. The van der Waals surface area contributed by atoms with Crippen LogP contribution in [0.5, 0.6) is 0 Å². The number of hydrogen-bond donors (Lipinski definition) is 1. The highest BCUT2D eigenvalue weighted by Crippen LogP contribution is 2.26. The number of fused-ring (bicyclic) bond motifs is 1. The number of anilines is 1. The molecule has 0 bridgehead atoms. The quantitative estimate of drug-likeness (QED) is 0.853. The molecule has 3 rings (SSSR count). The van der Waals surface area contributed by atoms with Gasteiger partial charge < -0.3 is 10.2 Å². The van der Waals surface area contributed by atoms with Gasteiger partial charge in [0.2, 0.25) is 5.91 Å². The van der Waals surface area contributed by atoms with Crippen molar-refractivity contribution < 1.29 is 4.79 Å². The SMILES string of the molecule is O=C(NCCN1CCCc2ccccc21)C1CC=CC1. The third-order valence-electron chi connectivity index (χ3n) is 4.27. The molecule has 0 aromatic heterocycles. The standard InChI is InChI=1S/C17H22N2O/c20-17(15-7-1-2-8-15)18-11-13-19-12-5-9-14-6-3-4-10-16(14)19/h1-4,6,10,15H,5,7-9,11-13H2,(H,18,20). The Kier molecular flexibility index (Phi) is 4.05. The van der Waals surface area contributed by atoms with Gasteiger partial charge >= 0.3 is 0 Å². The van der Waals surface area contributed by atoms with Gasteiger partial charge in [-0.3, -0.25) is 4.79 Å². The zero-order chi connectivity index (χ0) is 13.8. The minimum absolute atomic E-state index is 0.170. The molecule has 1 aromatic rings. The lowest BCUT2D eigenvalue weighted by Gasteiger charge is -2.31. The van der Waals surface area contributed by atoms with Crippen LogP contribution in [-0.4, -0.2) is 25.5 Å². The first-order valence-electron chi connectivity index (χ1n) is 7.60. The van der Waals surface area contributed by atoms with Gasteiger partial charge in [-0.2, -0.15) is 0 Å².